The average molecular weight is 319 g/mol. The summed E-state index contributed by atoms with van der Waals surface area (Å²) in [6.45, 7) is 4.41. The van der Waals surface area contributed by atoms with Crippen LogP contribution in [-0.4, -0.2) is 49.0 Å². The lowest BCUT2D eigenvalue weighted by atomic mass is 10.1. The summed E-state index contributed by atoms with van der Waals surface area (Å²) in [5.74, 6) is 0. The minimum Gasteiger partial charge on any atom is -0.445 e. The van der Waals surface area contributed by atoms with Gasteiger partial charge >= 0.3 is 6.09 Å². The van der Waals surface area contributed by atoms with Gasteiger partial charge in [-0.2, -0.15) is 0 Å². The van der Waals surface area contributed by atoms with E-state index < -0.39 is 0 Å². The van der Waals surface area contributed by atoms with E-state index in [0.717, 1.165) is 31.4 Å². The molecule has 0 N–H and O–H groups in total. The number of hydrogen-bond acceptors (Lipinski definition) is 4. The average Bonchev–Trinajstić information content (AvgIpc) is 3.17. The molecule has 0 bridgehead atoms. The molecule has 2 aliphatic rings. The van der Waals surface area contributed by atoms with Crippen LogP contribution in [0.25, 0.3) is 0 Å². The summed E-state index contributed by atoms with van der Waals surface area (Å²) in [5.41, 5.74) is 0.995. The fourth-order valence-corrected chi connectivity index (χ4v) is 3.26. The third kappa shape index (κ3) is 3.85. The smallest absolute Gasteiger partial charge is 0.410 e. The van der Waals surface area contributed by atoms with Gasteiger partial charge in [0.25, 0.3) is 0 Å². The Morgan fingerprint density at radius 2 is 2.17 bits per heavy atom. The molecule has 0 aromatic heterocycles. The number of unbranched alkanes of at least 4 members (excludes halogenated alkanes) is 1. The number of ether oxygens (including phenoxy) is 3. The minimum atomic E-state index is -0.268. The van der Waals surface area contributed by atoms with E-state index in [4.69, 9.17) is 14.2 Å². The van der Waals surface area contributed by atoms with Gasteiger partial charge in [0, 0.05) is 13.2 Å². The molecule has 1 aromatic carbocycles. The molecule has 5 nitrogen and oxygen atoms in total. The summed E-state index contributed by atoms with van der Waals surface area (Å²) < 4.78 is 17.2. The van der Waals surface area contributed by atoms with Crippen molar-refractivity contribution < 1.29 is 19.0 Å². The summed E-state index contributed by atoms with van der Waals surface area (Å²) in [7, 11) is 0. The Bertz CT molecular complexity index is 507. The summed E-state index contributed by atoms with van der Waals surface area (Å²) in [4.78, 5) is 14.2. The second-order valence-electron chi connectivity index (χ2n) is 6.15. The first-order chi connectivity index (χ1) is 11.3. The quantitative estimate of drug-likeness (QED) is 0.756. The van der Waals surface area contributed by atoms with Gasteiger partial charge in [-0.05, 0) is 18.4 Å². The second kappa shape index (κ2) is 7.79. The van der Waals surface area contributed by atoms with Gasteiger partial charge in [0.05, 0.1) is 12.6 Å². The molecule has 0 spiro atoms. The maximum Gasteiger partial charge on any atom is 0.410 e. The number of nitrogens with zero attached hydrogens (tertiary/aromatic N) is 1. The summed E-state index contributed by atoms with van der Waals surface area (Å²) in [6.07, 6.45) is 2.70. The summed E-state index contributed by atoms with van der Waals surface area (Å²) in [6, 6.07) is 9.83. The van der Waals surface area contributed by atoms with Crippen LogP contribution in [0.5, 0.6) is 0 Å². The van der Waals surface area contributed by atoms with Gasteiger partial charge in [-0.3, -0.25) is 4.90 Å². The first-order valence-corrected chi connectivity index (χ1v) is 8.50. The molecule has 126 valence electrons. The Morgan fingerprint density at radius 1 is 1.35 bits per heavy atom. The fraction of sp³-hybridized carbons (Fsp3) is 0.611. The molecule has 5 heteroatoms. The maximum absolute atomic E-state index is 12.4. The maximum atomic E-state index is 12.4. The Kier molecular flexibility index (Phi) is 5.51. The van der Waals surface area contributed by atoms with Crippen LogP contribution in [-0.2, 0) is 20.8 Å². The van der Waals surface area contributed by atoms with Crippen molar-refractivity contribution in [1.82, 2.24) is 4.90 Å². The van der Waals surface area contributed by atoms with E-state index in [1.165, 1.54) is 0 Å². The summed E-state index contributed by atoms with van der Waals surface area (Å²) in [5, 5.41) is 0. The van der Waals surface area contributed by atoms with Crippen LogP contribution in [0, 0.1) is 0 Å². The van der Waals surface area contributed by atoms with Gasteiger partial charge in [0.15, 0.2) is 0 Å². The van der Waals surface area contributed by atoms with Crippen molar-refractivity contribution in [2.45, 2.75) is 51.0 Å². The number of benzene rings is 1. The van der Waals surface area contributed by atoms with E-state index in [-0.39, 0.29) is 24.3 Å². The van der Waals surface area contributed by atoms with Gasteiger partial charge in [-0.1, -0.05) is 43.7 Å². The number of fused-ring (bicyclic) bond motifs is 1. The zero-order chi connectivity index (χ0) is 16.1. The van der Waals surface area contributed by atoms with Crippen LogP contribution in [0.1, 0.15) is 31.7 Å². The Balaban J connectivity index is 1.55. The number of carbonyl (C=O) groups excluding carboxylic acids is 1. The standard InChI is InChI=1S/C18H25NO4/c1-2-3-10-21-16-12-19(15-9-11-22-17(15)16)18(20)23-13-14-7-5-4-6-8-14/h4-8,15-17H,2-3,9-13H2,1H3/t15-,16-,17?/m1/s1. The molecular formula is C18H25NO4. The third-order valence-corrected chi connectivity index (χ3v) is 4.52. The molecule has 3 atom stereocenters. The molecule has 1 unspecified atom stereocenters. The highest BCUT2D eigenvalue weighted by atomic mass is 16.6. The van der Waals surface area contributed by atoms with Crippen LogP contribution in [0.15, 0.2) is 30.3 Å². The highest BCUT2D eigenvalue weighted by Crippen LogP contribution is 2.31. The molecule has 23 heavy (non-hydrogen) atoms. The molecule has 2 aliphatic heterocycles. The normalized spacial score (nSPS) is 26.3. The number of rotatable bonds is 6. The first kappa shape index (κ1) is 16.3. The summed E-state index contributed by atoms with van der Waals surface area (Å²) >= 11 is 0. The number of likely N-dealkylation sites (tertiary alicyclic amines) is 1. The van der Waals surface area contributed by atoms with Gasteiger partial charge in [0.2, 0.25) is 0 Å². The number of carbonyl (C=O) groups is 1. The van der Waals surface area contributed by atoms with Crippen LogP contribution >= 0.6 is 0 Å². The van der Waals surface area contributed by atoms with Crippen LogP contribution in [0.4, 0.5) is 4.79 Å². The molecule has 2 fully saturated rings. The largest absolute Gasteiger partial charge is 0.445 e. The van der Waals surface area contributed by atoms with Crippen molar-refractivity contribution in [2.24, 2.45) is 0 Å². The SMILES string of the molecule is CCCCO[C@@H]1CN(C(=O)OCc2ccccc2)[C@@H]2CCOC21. The molecule has 2 heterocycles. The molecule has 0 radical (unpaired) electrons. The predicted molar refractivity (Wildman–Crippen MR) is 86.1 cm³/mol. The molecule has 0 saturated carbocycles. The topological polar surface area (TPSA) is 48.0 Å². The predicted octanol–water partition coefficient (Wildman–Crippen LogP) is 2.98. The van der Waals surface area contributed by atoms with Gasteiger partial charge in [-0.25, -0.2) is 4.79 Å². The molecule has 0 aliphatic carbocycles. The molecule has 1 amide bonds. The number of hydrogen-bond donors (Lipinski definition) is 0. The van der Waals surface area contributed by atoms with Gasteiger partial charge < -0.3 is 14.2 Å². The van der Waals surface area contributed by atoms with Crippen LogP contribution in [0.2, 0.25) is 0 Å². The Morgan fingerprint density at radius 3 is 2.96 bits per heavy atom. The van der Waals surface area contributed by atoms with Crippen molar-refractivity contribution >= 4 is 6.09 Å². The molecular weight excluding hydrogens is 294 g/mol. The monoisotopic (exact) mass is 319 g/mol. The van der Waals surface area contributed by atoms with Crippen molar-refractivity contribution in [2.75, 3.05) is 19.8 Å². The zero-order valence-electron chi connectivity index (χ0n) is 13.6. The lowest BCUT2D eigenvalue weighted by Crippen LogP contribution is -2.37. The lowest BCUT2D eigenvalue weighted by Gasteiger charge is -2.21. The van der Waals surface area contributed by atoms with E-state index in [1.807, 2.05) is 30.3 Å². The fourth-order valence-electron chi connectivity index (χ4n) is 3.26. The number of amides is 1. The first-order valence-electron chi connectivity index (χ1n) is 8.50. The van der Waals surface area contributed by atoms with Crippen molar-refractivity contribution in [3.05, 3.63) is 35.9 Å². The molecule has 1 aromatic rings. The van der Waals surface area contributed by atoms with Crippen LogP contribution in [0.3, 0.4) is 0 Å². The Labute approximate surface area is 137 Å². The van der Waals surface area contributed by atoms with E-state index >= 15 is 0 Å². The zero-order valence-corrected chi connectivity index (χ0v) is 13.6. The van der Waals surface area contributed by atoms with E-state index in [9.17, 15) is 4.79 Å². The minimum absolute atomic E-state index is 0.00358. The second-order valence-corrected chi connectivity index (χ2v) is 6.15. The van der Waals surface area contributed by atoms with Crippen molar-refractivity contribution in [3.8, 4) is 0 Å². The van der Waals surface area contributed by atoms with E-state index in [0.29, 0.717) is 19.8 Å². The van der Waals surface area contributed by atoms with E-state index in [1.54, 1.807) is 4.90 Å². The van der Waals surface area contributed by atoms with Gasteiger partial charge in [-0.15, -0.1) is 0 Å². The molecule has 3 rings (SSSR count). The third-order valence-electron chi connectivity index (χ3n) is 4.52. The highest BCUT2D eigenvalue weighted by Gasteiger charge is 2.48. The van der Waals surface area contributed by atoms with E-state index in [2.05, 4.69) is 6.92 Å². The molecule has 2 saturated heterocycles. The Hall–Kier alpha value is -1.59. The van der Waals surface area contributed by atoms with Crippen LogP contribution < -0.4 is 0 Å². The van der Waals surface area contributed by atoms with Crippen molar-refractivity contribution in [3.63, 3.8) is 0 Å². The van der Waals surface area contributed by atoms with Crippen molar-refractivity contribution in [1.29, 1.82) is 0 Å². The lowest BCUT2D eigenvalue weighted by molar-refractivity contribution is -0.0306. The van der Waals surface area contributed by atoms with Gasteiger partial charge in [0.1, 0.15) is 18.8 Å². The highest BCUT2D eigenvalue weighted by molar-refractivity contribution is 5.69.